The number of esters is 1. The molecule has 0 radical (unpaired) electrons. The summed E-state index contributed by atoms with van der Waals surface area (Å²) in [7, 11) is 1.35. The van der Waals surface area contributed by atoms with Crippen LogP contribution in [-0.2, 0) is 17.7 Å². The van der Waals surface area contributed by atoms with Crippen LogP contribution in [-0.4, -0.2) is 48.6 Å². The number of aryl methyl sites for hydroxylation is 1. The first-order valence-corrected chi connectivity index (χ1v) is 9.98. The van der Waals surface area contributed by atoms with Crippen molar-refractivity contribution in [3.8, 4) is 11.5 Å². The molecule has 0 saturated heterocycles. The van der Waals surface area contributed by atoms with Gasteiger partial charge in [0, 0.05) is 24.3 Å². The fraction of sp³-hybridized carbons (Fsp3) is 0.455. The number of hydrogen-bond donors (Lipinski definition) is 1. The number of nitrogens with zero attached hydrogens (tertiary/aromatic N) is 1. The first kappa shape index (κ1) is 20.8. The lowest BCUT2D eigenvalue weighted by molar-refractivity contribution is 0.0599. The molecule has 1 N–H and O–H groups in total. The van der Waals surface area contributed by atoms with Crippen molar-refractivity contribution in [3.05, 3.63) is 46.3 Å². The molecule has 156 valence electrons. The molecule has 1 amide bonds. The summed E-state index contributed by atoms with van der Waals surface area (Å²) in [6, 6.07) is 5.71. The van der Waals surface area contributed by atoms with Gasteiger partial charge in [0.2, 0.25) is 0 Å². The fourth-order valence-electron chi connectivity index (χ4n) is 3.69. The zero-order valence-electron chi connectivity index (χ0n) is 17.5. The van der Waals surface area contributed by atoms with E-state index in [0.29, 0.717) is 61.2 Å². The number of benzene rings is 1. The Morgan fingerprint density at radius 2 is 1.97 bits per heavy atom. The van der Waals surface area contributed by atoms with Crippen LogP contribution in [0.25, 0.3) is 0 Å². The van der Waals surface area contributed by atoms with Gasteiger partial charge in [-0.1, -0.05) is 25.5 Å². The highest BCUT2D eigenvalue weighted by Crippen LogP contribution is 2.34. The van der Waals surface area contributed by atoms with Crippen LogP contribution in [0.3, 0.4) is 0 Å². The van der Waals surface area contributed by atoms with Crippen LogP contribution in [0.4, 0.5) is 0 Å². The number of H-pyrrole nitrogens is 1. The number of amides is 1. The fourth-order valence-corrected chi connectivity index (χ4v) is 3.69. The lowest BCUT2D eigenvalue weighted by Gasteiger charge is -2.25. The number of nitrogens with one attached hydrogen (secondary N) is 1. The average molecular weight is 400 g/mol. The van der Waals surface area contributed by atoms with Gasteiger partial charge >= 0.3 is 5.97 Å². The standard InChI is InChI=1S/C22H28N2O5/c1-5-8-16-18(22(26)27-4)14(3)23-19(16)21(25)24(6-2)13-15-9-7-10-17-20(15)29-12-11-28-17/h7,9-10,23H,5-6,8,11-13H2,1-4H3. The van der Waals surface area contributed by atoms with Gasteiger partial charge in [-0.25, -0.2) is 4.79 Å². The second kappa shape index (κ2) is 9.03. The molecule has 0 unspecified atom stereocenters. The van der Waals surface area contributed by atoms with Gasteiger partial charge in [-0.15, -0.1) is 0 Å². The van der Waals surface area contributed by atoms with Crippen LogP contribution in [0.5, 0.6) is 11.5 Å². The maximum Gasteiger partial charge on any atom is 0.339 e. The van der Waals surface area contributed by atoms with E-state index in [1.807, 2.05) is 32.0 Å². The second-order valence-electron chi connectivity index (χ2n) is 6.98. The number of hydrogen-bond acceptors (Lipinski definition) is 5. The van der Waals surface area contributed by atoms with Crippen molar-refractivity contribution in [1.29, 1.82) is 0 Å². The molecule has 0 spiro atoms. The molecule has 2 heterocycles. The third kappa shape index (κ3) is 4.09. The summed E-state index contributed by atoms with van der Waals surface area (Å²) in [5, 5.41) is 0. The minimum atomic E-state index is -0.424. The van der Waals surface area contributed by atoms with E-state index in [4.69, 9.17) is 14.2 Å². The van der Waals surface area contributed by atoms with E-state index in [0.717, 1.165) is 17.5 Å². The van der Waals surface area contributed by atoms with E-state index in [9.17, 15) is 9.59 Å². The molecule has 1 aliphatic rings. The number of aromatic nitrogens is 1. The molecule has 7 heteroatoms. The van der Waals surface area contributed by atoms with Crippen molar-refractivity contribution in [3.63, 3.8) is 0 Å². The quantitative estimate of drug-likeness (QED) is 0.720. The van der Waals surface area contributed by atoms with E-state index in [2.05, 4.69) is 4.98 Å². The SMILES string of the molecule is CCCc1c(C(=O)N(CC)Cc2cccc3c2OCCO3)[nH]c(C)c1C(=O)OC. The third-order valence-electron chi connectivity index (χ3n) is 5.07. The summed E-state index contributed by atoms with van der Waals surface area (Å²) < 4.78 is 16.4. The lowest BCUT2D eigenvalue weighted by Crippen LogP contribution is -2.32. The molecule has 2 aromatic rings. The number of carbonyl (C=O) groups excluding carboxylic acids is 2. The van der Waals surface area contributed by atoms with Crippen LogP contribution in [0.15, 0.2) is 18.2 Å². The van der Waals surface area contributed by atoms with E-state index in [-0.39, 0.29) is 5.91 Å². The smallest absolute Gasteiger partial charge is 0.339 e. The number of carbonyl (C=O) groups is 2. The zero-order chi connectivity index (χ0) is 21.0. The van der Waals surface area contributed by atoms with Crippen LogP contribution >= 0.6 is 0 Å². The molecule has 1 aliphatic heterocycles. The van der Waals surface area contributed by atoms with E-state index < -0.39 is 5.97 Å². The van der Waals surface area contributed by atoms with Gasteiger partial charge < -0.3 is 24.1 Å². The van der Waals surface area contributed by atoms with Gasteiger partial charge in [0.25, 0.3) is 5.91 Å². The van der Waals surface area contributed by atoms with Gasteiger partial charge in [0.15, 0.2) is 11.5 Å². The topological polar surface area (TPSA) is 80.9 Å². The molecule has 0 saturated carbocycles. The predicted octanol–water partition coefficient (Wildman–Crippen LogP) is 3.50. The van der Waals surface area contributed by atoms with Crippen LogP contribution in [0.1, 0.15) is 57.9 Å². The average Bonchev–Trinajstić information content (AvgIpc) is 3.07. The van der Waals surface area contributed by atoms with Crippen molar-refractivity contribution in [2.45, 2.75) is 40.2 Å². The monoisotopic (exact) mass is 400 g/mol. The molecule has 29 heavy (non-hydrogen) atoms. The van der Waals surface area contributed by atoms with Crippen molar-refractivity contribution in [1.82, 2.24) is 9.88 Å². The Bertz CT molecular complexity index is 903. The molecule has 0 bridgehead atoms. The normalized spacial score (nSPS) is 12.6. The Balaban J connectivity index is 1.94. The predicted molar refractivity (Wildman–Crippen MR) is 109 cm³/mol. The van der Waals surface area contributed by atoms with Crippen LogP contribution < -0.4 is 9.47 Å². The Hall–Kier alpha value is -2.96. The molecule has 3 rings (SSSR count). The van der Waals surface area contributed by atoms with Crippen LogP contribution in [0, 0.1) is 6.92 Å². The number of aromatic amines is 1. The van der Waals surface area contributed by atoms with Gasteiger partial charge in [0.05, 0.1) is 12.7 Å². The van der Waals surface area contributed by atoms with E-state index in [1.165, 1.54) is 7.11 Å². The number of rotatable bonds is 7. The second-order valence-corrected chi connectivity index (χ2v) is 6.98. The Kier molecular flexibility index (Phi) is 6.46. The summed E-state index contributed by atoms with van der Waals surface area (Å²) in [4.78, 5) is 30.5. The van der Waals surface area contributed by atoms with E-state index in [1.54, 1.807) is 11.8 Å². The van der Waals surface area contributed by atoms with Gasteiger partial charge in [-0.3, -0.25) is 4.79 Å². The zero-order valence-corrected chi connectivity index (χ0v) is 17.5. The highest BCUT2D eigenvalue weighted by molar-refractivity contribution is 6.00. The maximum absolute atomic E-state index is 13.4. The summed E-state index contributed by atoms with van der Waals surface area (Å²) in [5.74, 6) is 0.819. The third-order valence-corrected chi connectivity index (χ3v) is 5.07. The Labute approximate surface area is 170 Å². The molecular weight excluding hydrogens is 372 g/mol. The number of ether oxygens (including phenoxy) is 3. The van der Waals surface area contributed by atoms with Crippen molar-refractivity contribution in [2.24, 2.45) is 0 Å². The van der Waals surface area contributed by atoms with Crippen molar-refractivity contribution < 1.29 is 23.8 Å². The molecule has 0 aliphatic carbocycles. The van der Waals surface area contributed by atoms with Crippen LogP contribution in [0.2, 0.25) is 0 Å². The summed E-state index contributed by atoms with van der Waals surface area (Å²) in [5.41, 5.74) is 3.17. The summed E-state index contributed by atoms with van der Waals surface area (Å²) in [6.45, 7) is 7.65. The number of para-hydroxylation sites is 1. The highest BCUT2D eigenvalue weighted by Gasteiger charge is 2.28. The number of methoxy groups -OCH3 is 1. The number of fused-ring (bicyclic) bond motifs is 1. The molecule has 7 nitrogen and oxygen atoms in total. The molecule has 1 aromatic heterocycles. The van der Waals surface area contributed by atoms with Gasteiger partial charge in [-0.2, -0.15) is 0 Å². The minimum Gasteiger partial charge on any atom is -0.486 e. The highest BCUT2D eigenvalue weighted by atomic mass is 16.6. The molecule has 0 atom stereocenters. The van der Waals surface area contributed by atoms with Gasteiger partial charge in [0.1, 0.15) is 18.9 Å². The Morgan fingerprint density at radius 3 is 2.66 bits per heavy atom. The lowest BCUT2D eigenvalue weighted by atomic mass is 10.0. The summed E-state index contributed by atoms with van der Waals surface area (Å²) >= 11 is 0. The summed E-state index contributed by atoms with van der Waals surface area (Å²) in [6.07, 6.45) is 1.43. The Morgan fingerprint density at radius 1 is 1.21 bits per heavy atom. The minimum absolute atomic E-state index is 0.150. The largest absolute Gasteiger partial charge is 0.486 e. The molecular formula is C22H28N2O5. The van der Waals surface area contributed by atoms with E-state index >= 15 is 0 Å². The van der Waals surface area contributed by atoms with Crippen molar-refractivity contribution >= 4 is 11.9 Å². The maximum atomic E-state index is 13.4. The van der Waals surface area contributed by atoms with Crippen molar-refractivity contribution in [2.75, 3.05) is 26.9 Å². The first-order chi connectivity index (χ1) is 14.0. The first-order valence-electron chi connectivity index (χ1n) is 9.98. The molecule has 0 fully saturated rings. The molecule has 1 aromatic carbocycles. The van der Waals surface area contributed by atoms with Gasteiger partial charge in [-0.05, 0) is 31.9 Å².